The van der Waals surface area contributed by atoms with E-state index in [4.69, 9.17) is 15.5 Å². The van der Waals surface area contributed by atoms with Crippen LogP contribution in [0.5, 0.6) is 0 Å². The topological polar surface area (TPSA) is 184 Å². The molecule has 0 spiro atoms. The van der Waals surface area contributed by atoms with E-state index in [9.17, 15) is 18.0 Å². The summed E-state index contributed by atoms with van der Waals surface area (Å²) in [6.45, 7) is 5.95. The standard InChI is InChI=1S/C30H37N9O5S4/c1-20(31)32-9-4-7-25(28(41)44-2)36-27(40)26-24(8-15-45-26)37-48(42,43)23-6-3-5-21(17-23)34-18-22-19-47-30(35-22)39-13-11-38(12-14-39)29-33-10-16-46-29/h3,5-6,8,10,15-17,19,25,34,37H,4,7,9,11-14,18H2,1-2H3,(H2,31,32)(H,36,40)/t25-/m0/s1. The molecule has 0 aliphatic carbocycles. The number of aliphatic imine (C=N–C) groups is 1. The molecule has 0 saturated carbocycles. The molecule has 5 rings (SSSR count). The van der Waals surface area contributed by atoms with Crippen LogP contribution in [0.2, 0.25) is 0 Å². The van der Waals surface area contributed by atoms with Crippen LogP contribution in [-0.4, -0.2) is 82.0 Å². The van der Waals surface area contributed by atoms with Crippen molar-refractivity contribution in [2.24, 2.45) is 10.7 Å². The van der Waals surface area contributed by atoms with Crippen molar-refractivity contribution in [3.8, 4) is 0 Å². The Morgan fingerprint density at radius 3 is 2.56 bits per heavy atom. The van der Waals surface area contributed by atoms with Gasteiger partial charge in [-0.15, -0.1) is 34.0 Å². The highest BCUT2D eigenvalue weighted by Gasteiger charge is 2.26. The molecule has 5 N–H and O–H groups in total. The van der Waals surface area contributed by atoms with Gasteiger partial charge < -0.3 is 30.9 Å². The number of anilines is 4. The minimum absolute atomic E-state index is 0.0188. The predicted octanol–water partition coefficient (Wildman–Crippen LogP) is 3.83. The SMILES string of the molecule is COC(=O)[C@H](CCCN=C(C)N)NC(=O)c1sccc1NS(=O)(=O)c1cccc(NCc2csc(N3CCN(c4nccs4)CC3)n2)c1. The van der Waals surface area contributed by atoms with Crippen molar-refractivity contribution in [1.29, 1.82) is 0 Å². The lowest BCUT2D eigenvalue weighted by Gasteiger charge is -2.34. The van der Waals surface area contributed by atoms with Gasteiger partial charge in [0.25, 0.3) is 15.9 Å². The molecule has 0 unspecified atom stereocenters. The predicted molar refractivity (Wildman–Crippen MR) is 192 cm³/mol. The number of thiazole rings is 2. The van der Waals surface area contributed by atoms with Gasteiger partial charge in [-0.05, 0) is 49.4 Å². The van der Waals surface area contributed by atoms with Gasteiger partial charge in [-0.2, -0.15) is 0 Å². The molecule has 1 aromatic carbocycles. The van der Waals surface area contributed by atoms with Crippen molar-refractivity contribution in [3.05, 3.63) is 63.2 Å². The summed E-state index contributed by atoms with van der Waals surface area (Å²) in [4.78, 5) is 43.4. The van der Waals surface area contributed by atoms with Crippen LogP contribution in [0, 0.1) is 0 Å². The van der Waals surface area contributed by atoms with E-state index < -0.39 is 27.9 Å². The molecular weight excluding hydrogens is 695 g/mol. The number of aromatic nitrogens is 2. The number of thiophene rings is 1. The Morgan fingerprint density at radius 2 is 1.85 bits per heavy atom. The van der Waals surface area contributed by atoms with Crippen molar-refractivity contribution in [1.82, 2.24) is 15.3 Å². The summed E-state index contributed by atoms with van der Waals surface area (Å²) in [5, 5.41) is 13.5. The van der Waals surface area contributed by atoms with Crippen LogP contribution in [0.3, 0.4) is 0 Å². The van der Waals surface area contributed by atoms with Crippen molar-refractivity contribution in [3.63, 3.8) is 0 Å². The maximum absolute atomic E-state index is 13.4. The first kappa shape index (κ1) is 35.1. The Kier molecular flexibility index (Phi) is 11.9. The number of nitrogens with zero attached hydrogens (tertiary/aromatic N) is 5. The summed E-state index contributed by atoms with van der Waals surface area (Å²) in [6.07, 6.45) is 2.58. The van der Waals surface area contributed by atoms with E-state index in [-0.39, 0.29) is 21.9 Å². The van der Waals surface area contributed by atoms with Crippen LogP contribution < -0.4 is 30.9 Å². The van der Waals surface area contributed by atoms with E-state index in [2.05, 4.69) is 35.1 Å². The number of amides is 1. The molecule has 48 heavy (non-hydrogen) atoms. The molecule has 256 valence electrons. The van der Waals surface area contributed by atoms with Crippen LogP contribution in [-0.2, 0) is 26.1 Å². The number of piperazine rings is 1. The number of sulfonamides is 1. The Hall–Kier alpha value is -4.26. The van der Waals surface area contributed by atoms with Gasteiger partial charge in [0, 0.05) is 55.4 Å². The molecule has 1 aliphatic rings. The fourth-order valence-corrected chi connectivity index (χ4v) is 8.39. The lowest BCUT2D eigenvalue weighted by atomic mass is 10.1. The summed E-state index contributed by atoms with van der Waals surface area (Å²) >= 11 is 4.28. The minimum atomic E-state index is -4.06. The number of amidine groups is 1. The number of carbonyl (C=O) groups is 2. The van der Waals surface area contributed by atoms with Crippen LogP contribution in [0.1, 0.15) is 35.1 Å². The van der Waals surface area contributed by atoms with Crippen molar-refractivity contribution < 1.29 is 22.7 Å². The summed E-state index contributed by atoms with van der Waals surface area (Å²) in [6, 6.07) is 7.00. The highest BCUT2D eigenvalue weighted by atomic mass is 32.2. The zero-order valence-electron chi connectivity index (χ0n) is 26.4. The molecular formula is C30H37N9O5S4. The van der Waals surface area contributed by atoms with Gasteiger partial charge in [0.2, 0.25) is 0 Å². The fourth-order valence-electron chi connectivity index (χ4n) is 4.88. The first-order valence-corrected chi connectivity index (χ1v) is 19.2. The summed E-state index contributed by atoms with van der Waals surface area (Å²) in [7, 11) is -2.83. The molecule has 1 aliphatic heterocycles. The van der Waals surface area contributed by atoms with Crippen LogP contribution in [0.15, 0.2) is 62.6 Å². The quantitative estimate of drug-likeness (QED) is 0.0603. The number of nitrogens with one attached hydrogen (secondary N) is 3. The highest BCUT2D eigenvalue weighted by molar-refractivity contribution is 7.92. The number of nitrogens with two attached hydrogens (primary N) is 1. The van der Waals surface area contributed by atoms with Crippen molar-refractivity contribution >= 4 is 83.4 Å². The van der Waals surface area contributed by atoms with E-state index in [0.717, 1.165) is 53.5 Å². The Bertz CT molecular complexity index is 1810. The van der Waals surface area contributed by atoms with E-state index in [1.165, 1.54) is 25.3 Å². The number of rotatable bonds is 15. The normalized spacial score (nSPS) is 14.4. The molecule has 1 amide bonds. The van der Waals surface area contributed by atoms with E-state index >= 15 is 0 Å². The van der Waals surface area contributed by atoms with Crippen LogP contribution in [0.25, 0.3) is 0 Å². The van der Waals surface area contributed by atoms with E-state index in [0.29, 0.717) is 31.0 Å². The third kappa shape index (κ3) is 9.21. The maximum atomic E-state index is 13.4. The first-order chi connectivity index (χ1) is 23.1. The zero-order valence-corrected chi connectivity index (χ0v) is 29.7. The fraction of sp³-hybridized carbons (Fsp3) is 0.367. The first-order valence-electron chi connectivity index (χ1n) is 15.1. The second-order valence-electron chi connectivity index (χ2n) is 10.8. The third-order valence-corrected chi connectivity index (χ3v) is 11.4. The summed E-state index contributed by atoms with van der Waals surface area (Å²) in [5.74, 6) is -0.789. The number of benzene rings is 1. The van der Waals surface area contributed by atoms with Crippen LogP contribution in [0.4, 0.5) is 21.6 Å². The lowest BCUT2D eigenvalue weighted by Crippen LogP contribution is -2.46. The maximum Gasteiger partial charge on any atom is 0.328 e. The second-order valence-corrected chi connectivity index (χ2v) is 15.1. The van der Waals surface area contributed by atoms with Gasteiger partial charge in [-0.25, -0.2) is 23.2 Å². The Balaban J connectivity index is 1.17. The molecule has 3 aromatic heterocycles. The molecule has 18 heteroatoms. The monoisotopic (exact) mass is 731 g/mol. The van der Waals surface area contributed by atoms with E-state index in [1.54, 1.807) is 47.1 Å². The highest BCUT2D eigenvalue weighted by Crippen LogP contribution is 2.28. The van der Waals surface area contributed by atoms with Gasteiger partial charge in [0.15, 0.2) is 10.3 Å². The van der Waals surface area contributed by atoms with Gasteiger partial charge in [0.05, 0.1) is 35.8 Å². The Labute approximate surface area is 291 Å². The number of carbonyl (C=O) groups excluding carboxylic acids is 2. The van der Waals surface area contributed by atoms with Gasteiger partial charge in [-0.3, -0.25) is 14.5 Å². The molecule has 1 saturated heterocycles. The number of ether oxygens (including phenoxy) is 1. The van der Waals surface area contributed by atoms with Gasteiger partial charge in [-0.1, -0.05) is 6.07 Å². The molecule has 1 atom stereocenters. The Morgan fingerprint density at radius 1 is 1.08 bits per heavy atom. The molecule has 4 heterocycles. The van der Waals surface area contributed by atoms with Crippen molar-refractivity contribution in [2.45, 2.75) is 37.2 Å². The minimum Gasteiger partial charge on any atom is -0.467 e. The zero-order chi connectivity index (χ0) is 34.1. The smallest absolute Gasteiger partial charge is 0.328 e. The molecule has 4 aromatic rings. The average Bonchev–Trinajstić information content (AvgIpc) is 3.88. The van der Waals surface area contributed by atoms with Crippen LogP contribution >= 0.6 is 34.0 Å². The molecule has 0 radical (unpaired) electrons. The van der Waals surface area contributed by atoms with Gasteiger partial charge in [0.1, 0.15) is 10.9 Å². The molecule has 0 bridgehead atoms. The van der Waals surface area contributed by atoms with Crippen molar-refractivity contribution in [2.75, 3.05) is 59.7 Å². The molecule has 1 fully saturated rings. The largest absolute Gasteiger partial charge is 0.467 e. The summed E-state index contributed by atoms with van der Waals surface area (Å²) < 4.78 is 34.2. The third-order valence-electron chi connectivity index (χ3n) is 7.32. The van der Waals surface area contributed by atoms with E-state index in [1.807, 2.05) is 17.0 Å². The number of esters is 1. The number of hydrogen-bond donors (Lipinski definition) is 4. The number of hydrogen-bond acceptors (Lipinski definition) is 14. The number of methoxy groups -OCH3 is 1. The lowest BCUT2D eigenvalue weighted by molar-refractivity contribution is -0.143. The second kappa shape index (κ2) is 16.2. The summed E-state index contributed by atoms with van der Waals surface area (Å²) in [5.41, 5.74) is 7.11. The molecule has 14 nitrogen and oxygen atoms in total. The van der Waals surface area contributed by atoms with Gasteiger partial charge >= 0.3 is 5.97 Å². The average molecular weight is 732 g/mol.